The van der Waals surface area contributed by atoms with Crippen LogP contribution in [0.4, 0.5) is 0 Å². The first-order valence-corrected chi connectivity index (χ1v) is 10.2. The van der Waals surface area contributed by atoms with Crippen LogP contribution in [-0.4, -0.2) is 22.2 Å². The van der Waals surface area contributed by atoms with Crippen LogP contribution in [0, 0.1) is 17.3 Å². The first-order chi connectivity index (χ1) is 12.3. The smallest absolute Gasteiger partial charge is 0.330 e. The van der Waals surface area contributed by atoms with Crippen LogP contribution in [-0.2, 0) is 9.59 Å². The molecule has 0 aromatic carbocycles. The van der Waals surface area contributed by atoms with Crippen LogP contribution in [0.25, 0.3) is 0 Å². The van der Waals surface area contributed by atoms with Crippen LogP contribution in [0.15, 0.2) is 24.3 Å². The predicted octanol–water partition coefficient (Wildman–Crippen LogP) is 6.71. The van der Waals surface area contributed by atoms with Gasteiger partial charge in [-0.15, -0.1) is 0 Å². The van der Waals surface area contributed by atoms with E-state index in [2.05, 4.69) is 54.7 Å². The molecule has 2 atom stereocenters. The highest BCUT2D eigenvalue weighted by atomic mass is 16.4. The van der Waals surface area contributed by atoms with Gasteiger partial charge in [0, 0.05) is 11.1 Å². The Hall–Kier alpha value is -1.58. The average Bonchev–Trinajstić information content (AvgIpc) is 2.54. The number of rotatable bonds is 12. The Morgan fingerprint density at radius 3 is 1.85 bits per heavy atom. The number of hydrogen-bond donors (Lipinski definition) is 2. The van der Waals surface area contributed by atoms with E-state index >= 15 is 0 Å². The number of hydrogen-bond acceptors (Lipinski definition) is 2. The highest BCUT2D eigenvalue weighted by Gasteiger charge is 2.16. The molecule has 2 N–H and O–H groups in total. The van der Waals surface area contributed by atoms with Crippen LogP contribution in [0.5, 0.6) is 0 Å². The summed E-state index contributed by atoms with van der Waals surface area (Å²) in [7, 11) is 0. The van der Waals surface area contributed by atoms with Crippen molar-refractivity contribution < 1.29 is 19.8 Å². The lowest BCUT2D eigenvalue weighted by Gasteiger charge is -2.23. The summed E-state index contributed by atoms with van der Waals surface area (Å²) in [4.78, 5) is 21.0. The lowest BCUT2D eigenvalue weighted by molar-refractivity contribution is -0.133. The van der Waals surface area contributed by atoms with Crippen LogP contribution in [0.1, 0.15) is 92.9 Å². The molecule has 0 aromatic heterocycles. The van der Waals surface area contributed by atoms with Crippen molar-refractivity contribution in [2.24, 2.45) is 17.3 Å². The molecule has 0 radical (unpaired) electrons. The van der Waals surface area contributed by atoms with Crippen LogP contribution < -0.4 is 0 Å². The Bertz CT molecular complexity index is 471. The summed E-state index contributed by atoms with van der Waals surface area (Å²) in [6.45, 7) is 20.1. The quantitative estimate of drug-likeness (QED) is 0.368. The van der Waals surface area contributed by atoms with Gasteiger partial charge in [-0.1, -0.05) is 80.4 Å². The van der Waals surface area contributed by atoms with Crippen molar-refractivity contribution in [1.29, 1.82) is 0 Å². The molecule has 2 unspecified atom stereocenters. The van der Waals surface area contributed by atoms with E-state index < -0.39 is 11.9 Å². The third-order valence-corrected chi connectivity index (χ3v) is 4.58. The van der Waals surface area contributed by atoms with Gasteiger partial charge in [-0.3, -0.25) is 0 Å². The second kappa shape index (κ2) is 14.5. The molecule has 0 amide bonds. The van der Waals surface area contributed by atoms with Crippen molar-refractivity contribution in [2.75, 3.05) is 0 Å². The summed E-state index contributed by atoms with van der Waals surface area (Å²) >= 11 is 0. The van der Waals surface area contributed by atoms with Crippen LogP contribution >= 0.6 is 0 Å². The Balaban J connectivity index is 0. The number of carboxylic acid groups (broad SMARTS) is 2. The molecule has 4 nitrogen and oxygen atoms in total. The molecule has 0 aliphatic heterocycles. The summed E-state index contributed by atoms with van der Waals surface area (Å²) in [5.41, 5.74) is 0.998. The summed E-state index contributed by atoms with van der Waals surface area (Å²) in [5, 5.41) is 17.3. The molecule has 0 saturated heterocycles. The highest BCUT2D eigenvalue weighted by Crippen LogP contribution is 2.27. The molecule has 0 fully saturated rings. The van der Waals surface area contributed by atoms with Gasteiger partial charge in [0.1, 0.15) is 0 Å². The van der Waals surface area contributed by atoms with E-state index in [1.807, 2.05) is 0 Å². The largest absolute Gasteiger partial charge is 0.478 e. The van der Waals surface area contributed by atoms with Gasteiger partial charge in [-0.05, 0) is 42.9 Å². The summed E-state index contributed by atoms with van der Waals surface area (Å²) in [5.74, 6) is -0.655. The van der Waals surface area contributed by atoms with Crippen LogP contribution in [0.2, 0.25) is 0 Å². The average molecular weight is 383 g/mol. The molecule has 0 heterocycles. The van der Waals surface area contributed by atoms with Gasteiger partial charge in [0.2, 0.25) is 0 Å². The van der Waals surface area contributed by atoms with Gasteiger partial charge in [0.25, 0.3) is 0 Å². The van der Waals surface area contributed by atoms with Gasteiger partial charge in [0.15, 0.2) is 0 Å². The molecule has 0 bridgehead atoms. The molecule has 0 spiro atoms. The first-order valence-electron chi connectivity index (χ1n) is 10.2. The van der Waals surface area contributed by atoms with Crippen LogP contribution in [0.3, 0.4) is 0 Å². The molecule has 158 valence electrons. The Kier molecular flexibility index (Phi) is 14.8. The first kappa shape index (κ1) is 27.6. The molecular weight excluding hydrogens is 340 g/mol. The summed E-state index contributed by atoms with van der Waals surface area (Å²) in [6.07, 6.45) is 7.83. The monoisotopic (exact) mass is 382 g/mol. The fraction of sp³-hybridized carbons (Fsp3) is 0.739. The maximum Gasteiger partial charge on any atom is 0.330 e. The van der Waals surface area contributed by atoms with Gasteiger partial charge >= 0.3 is 11.9 Å². The third kappa shape index (κ3) is 17.6. The molecule has 0 aromatic rings. The Morgan fingerprint density at radius 2 is 1.48 bits per heavy atom. The zero-order valence-electron chi connectivity index (χ0n) is 18.4. The summed E-state index contributed by atoms with van der Waals surface area (Å²) < 4.78 is 0. The highest BCUT2D eigenvalue weighted by molar-refractivity contribution is 5.86. The second-order valence-electron chi connectivity index (χ2n) is 8.85. The summed E-state index contributed by atoms with van der Waals surface area (Å²) in [6, 6.07) is 0. The van der Waals surface area contributed by atoms with Crippen molar-refractivity contribution in [3.63, 3.8) is 0 Å². The minimum atomic E-state index is -0.868. The van der Waals surface area contributed by atoms with E-state index in [1.165, 1.54) is 12.8 Å². The third-order valence-electron chi connectivity index (χ3n) is 4.58. The number of aliphatic carboxylic acids is 2. The maximum atomic E-state index is 10.5. The van der Waals surface area contributed by atoms with Gasteiger partial charge < -0.3 is 10.2 Å². The second-order valence-corrected chi connectivity index (χ2v) is 8.85. The minimum absolute atomic E-state index is 0.323. The van der Waals surface area contributed by atoms with Crippen molar-refractivity contribution in [2.45, 2.75) is 92.9 Å². The fourth-order valence-corrected chi connectivity index (χ4v) is 3.05. The zero-order chi connectivity index (χ0) is 21.6. The number of carbonyl (C=O) groups is 2. The topological polar surface area (TPSA) is 74.6 Å². The van der Waals surface area contributed by atoms with E-state index in [1.54, 1.807) is 0 Å². The number of carboxylic acids is 2. The van der Waals surface area contributed by atoms with E-state index in [0.717, 1.165) is 25.7 Å². The van der Waals surface area contributed by atoms with Gasteiger partial charge in [0.05, 0.1) is 0 Å². The molecule has 0 saturated carbocycles. The molecule has 0 rings (SSSR count). The predicted molar refractivity (Wildman–Crippen MR) is 114 cm³/mol. The number of unbranched alkanes of at least 4 members (excludes halogenated alkanes) is 1. The van der Waals surface area contributed by atoms with Crippen molar-refractivity contribution in [3.05, 3.63) is 24.3 Å². The molecule has 4 heteroatoms. The van der Waals surface area contributed by atoms with E-state index in [4.69, 9.17) is 10.2 Å². The molecule has 0 aliphatic rings. The van der Waals surface area contributed by atoms with Crippen molar-refractivity contribution in [3.8, 4) is 0 Å². The maximum absolute atomic E-state index is 10.5. The van der Waals surface area contributed by atoms with Crippen molar-refractivity contribution >= 4 is 11.9 Å². The van der Waals surface area contributed by atoms with E-state index in [9.17, 15) is 9.59 Å². The normalized spacial score (nSPS) is 13.1. The van der Waals surface area contributed by atoms with E-state index in [0.29, 0.717) is 41.2 Å². The minimum Gasteiger partial charge on any atom is -0.478 e. The Morgan fingerprint density at radius 1 is 0.963 bits per heavy atom. The zero-order valence-corrected chi connectivity index (χ0v) is 18.4. The van der Waals surface area contributed by atoms with Gasteiger partial charge in [-0.2, -0.15) is 0 Å². The Labute approximate surface area is 166 Å². The van der Waals surface area contributed by atoms with Gasteiger partial charge in [-0.25, -0.2) is 9.59 Å². The lowest BCUT2D eigenvalue weighted by Crippen LogP contribution is -2.11. The lowest BCUT2D eigenvalue weighted by atomic mass is 9.83. The SMILES string of the molecule is C=C(CC(CC)CCCC)C(=O)O.C=C(CCC(C)CC(C)(C)C)C(=O)O. The van der Waals surface area contributed by atoms with Crippen molar-refractivity contribution in [1.82, 2.24) is 0 Å². The molecule has 27 heavy (non-hydrogen) atoms. The molecule has 0 aliphatic carbocycles. The molecular formula is C23H42O4. The standard InChI is InChI=1S/C12H22O2.C11H20O2/c1-9(8-12(3,4)5)6-7-10(2)11(13)14;1-4-6-7-10(5-2)8-9(3)11(12)13/h9H,2,6-8H2,1,3-5H3,(H,13,14);10H,3-8H2,1-2H3,(H,12,13). The van der Waals surface area contributed by atoms with E-state index in [-0.39, 0.29) is 0 Å². The fourth-order valence-electron chi connectivity index (χ4n) is 3.05.